The molecule has 0 saturated heterocycles. The predicted molar refractivity (Wildman–Crippen MR) is 82.3 cm³/mol. The second-order valence-corrected chi connectivity index (χ2v) is 5.20. The third-order valence-corrected chi connectivity index (χ3v) is 3.45. The number of methoxy groups -OCH3 is 2. The molecule has 1 aromatic carbocycles. The molecular weight excluding hydrogens is 286 g/mol. The van der Waals surface area contributed by atoms with Crippen molar-refractivity contribution in [3.8, 4) is 11.5 Å². The summed E-state index contributed by atoms with van der Waals surface area (Å²) in [6.45, 7) is 2.04. The van der Waals surface area contributed by atoms with Crippen LogP contribution >= 0.6 is 0 Å². The lowest BCUT2D eigenvalue weighted by molar-refractivity contribution is -0.139. The van der Waals surface area contributed by atoms with Gasteiger partial charge in [-0.25, -0.2) is 0 Å². The van der Waals surface area contributed by atoms with Crippen molar-refractivity contribution in [1.82, 2.24) is 4.90 Å². The monoisotopic (exact) mass is 309 g/mol. The van der Waals surface area contributed by atoms with E-state index in [1.165, 1.54) is 4.90 Å². The van der Waals surface area contributed by atoms with E-state index in [1.807, 2.05) is 19.1 Å². The predicted octanol–water partition coefficient (Wildman–Crippen LogP) is 1.82. The molecule has 1 unspecified atom stereocenters. The van der Waals surface area contributed by atoms with Gasteiger partial charge in [-0.05, 0) is 24.1 Å². The lowest BCUT2D eigenvalue weighted by atomic mass is 9.99. The first-order valence-corrected chi connectivity index (χ1v) is 7.06. The van der Waals surface area contributed by atoms with E-state index in [-0.39, 0.29) is 24.8 Å². The van der Waals surface area contributed by atoms with E-state index in [4.69, 9.17) is 14.6 Å². The first kappa shape index (κ1) is 17.8. The molecule has 0 radical (unpaired) electrons. The second kappa shape index (κ2) is 8.26. The number of amides is 1. The standard InChI is InChI=1S/C16H23NO5/c1-11(16(20)17(2)8-7-15(18)19)9-12-5-6-13(21-3)14(10-12)22-4/h5-6,10-11H,7-9H2,1-4H3,(H,18,19). The normalized spacial score (nSPS) is 11.6. The Morgan fingerprint density at radius 1 is 1.23 bits per heavy atom. The van der Waals surface area contributed by atoms with E-state index in [0.717, 1.165) is 5.56 Å². The maximum atomic E-state index is 12.2. The van der Waals surface area contributed by atoms with Gasteiger partial charge in [-0.15, -0.1) is 0 Å². The molecule has 1 aromatic rings. The Balaban J connectivity index is 2.69. The molecule has 0 heterocycles. The average Bonchev–Trinajstić information content (AvgIpc) is 2.51. The molecule has 0 fully saturated rings. The molecule has 1 N–H and O–H groups in total. The van der Waals surface area contributed by atoms with Gasteiger partial charge in [0, 0.05) is 19.5 Å². The number of carboxylic acids is 1. The number of rotatable bonds is 8. The van der Waals surface area contributed by atoms with Crippen LogP contribution in [0.4, 0.5) is 0 Å². The van der Waals surface area contributed by atoms with Crippen LogP contribution in [-0.2, 0) is 16.0 Å². The van der Waals surface area contributed by atoms with Gasteiger partial charge in [0.15, 0.2) is 11.5 Å². The highest BCUT2D eigenvalue weighted by molar-refractivity contribution is 5.79. The second-order valence-electron chi connectivity index (χ2n) is 5.20. The highest BCUT2D eigenvalue weighted by atomic mass is 16.5. The van der Waals surface area contributed by atoms with E-state index < -0.39 is 5.97 Å². The van der Waals surface area contributed by atoms with E-state index in [2.05, 4.69) is 0 Å². The summed E-state index contributed by atoms with van der Waals surface area (Å²) in [4.78, 5) is 24.2. The first-order valence-electron chi connectivity index (χ1n) is 7.06. The van der Waals surface area contributed by atoms with E-state index in [9.17, 15) is 9.59 Å². The number of hydrogen-bond donors (Lipinski definition) is 1. The Kier molecular flexibility index (Phi) is 6.69. The lowest BCUT2D eigenvalue weighted by Gasteiger charge is -2.21. The van der Waals surface area contributed by atoms with Gasteiger partial charge in [-0.3, -0.25) is 9.59 Å². The molecule has 0 saturated carbocycles. The molecule has 0 spiro atoms. The van der Waals surface area contributed by atoms with Crippen LogP contribution in [0.3, 0.4) is 0 Å². The SMILES string of the molecule is COc1ccc(CC(C)C(=O)N(C)CCC(=O)O)cc1OC. The Hall–Kier alpha value is -2.24. The van der Waals surface area contributed by atoms with Gasteiger partial charge in [-0.2, -0.15) is 0 Å². The number of carbonyl (C=O) groups excluding carboxylic acids is 1. The van der Waals surface area contributed by atoms with Crippen molar-refractivity contribution in [3.63, 3.8) is 0 Å². The summed E-state index contributed by atoms with van der Waals surface area (Å²) in [5, 5.41) is 8.66. The van der Waals surface area contributed by atoms with Gasteiger partial charge in [0.25, 0.3) is 0 Å². The summed E-state index contributed by atoms with van der Waals surface area (Å²) in [5.74, 6) is 0.0443. The summed E-state index contributed by atoms with van der Waals surface area (Å²) < 4.78 is 10.4. The molecule has 1 rings (SSSR count). The molecule has 6 nitrogen and oxygen atoms in total. The van der Waals surface area contributed by atoms with Crippen LogP contribution in [0.15, 0.2) is 18.2 Å². The largest absolute Gasteiger partial charge is 0.493 e. The number of carboxylic acid groups (broad SMARTS) is 1. The molecule has 0 aliphatic heterocycles. The number of aliphatic carboxylic acids is 1. The molecule has 22 heavy (non-hydrogen) atoms. The smallest absolute Gasteiger partial charge is 0.305 e. The van der Waals surface area contributed by atoms with Crippen molar-refractivity contribution in [2.24, 2.45) is 5.92 Å². The topological polar surface area (TPSA) is 76.1 Å². The lowest BCUT2D eigenvalue weighted by Crippen LogP contribution is -2.34. The fraction of sp³-hybridized carbons (Fsp3) is 0.500. The number of nitrogens with zero attached hydrogens (tertiary/aromatic N) is 1. The van der Waals surface area contributed by atoms with Crippen molar-refractivity contribution >= 4 is 11.9 Å². The fourth-order valence-corrected chi connectivity index (χ4v) is 2.20. The minimum absolute atomic E-state index is 0.0503. The van der Waals surface area contributed by atoms with Crippen LogP contribution in [0.2, 0.25) is 0 Å². The molecule has 0 aliphatic carbocycles. The summed E-state index contributed by atoms with van der Waals surface area (Å²) >= 11 is 0. The van der Waals surface area contributed by atoms with Gasteiger partial charge in [0.2, 0.25) is 5.91 Å². The third kappa shape index (κ3) is 4.95. The van der Waals surface area contributed by atoms with Crippen molar-refractivity contribution in [2.75, 3.05) is 27.8 Å². The summed E-state index contributed by atoms with van der Waals surface area (Å²) in [6.07, 6.45) is 0.502. The molecule has 122 valence electrons. The molecule has 1 amide bonds. The fourth-order valence-electron chi connectivity index (χ4n) is 2.20. The molecule has 1 atom stereocenters. The summed E-state index contributed by atoms with van der Waals surface area (Å²) in [5.41, 5.74) is 0.963. The minimum atomic E-state index is -0.910. The molecule has 0 bridgehead atoms. The van der Waals surface area contributed by atoms with Gasteiger partial charge in [0.1, 0.15) is 0 Å². The third-order valence-electron chi connectivity index (χ3n) is 3.45. The molecule has 0 aliphatic rings. The first-order chi connectivity index (χ1) is 10.4. The minimum Gasteiger partial charge on any atom is -0.493 e. The Morgan fingerprint density at radius 2 is 1.86 bits per heavy atom. The van der Waals surface area contributed by atoms with E-state index in [1.54, 1.807) is 27.3 Å². The molecule has 6 heteroatoms. The number of carbonyl (C=O) groups is 2. The maximum absolute atomic E-state index is 12.2. The van der Waals surface area contributed by atoms with Crippen LogP contribution in [0.5, 0.6) is 11.5 Å². The Morgan fingerprint density at radius 3 is 2.41 bits per heavy atom. The van der Waals surface area contributed by atoms with Crippen LogP contribution in [-0.4, -0.2) is 49.7 Å². The van der Waals surface area contributed by atoms with Crippen molar-refractivity contribution in [1.29, 1.82) is 0 Å². The van der Waals surface area contributed by atoms with Crippen LogP contribution in [0, 0.1) is 5.92 Å². The zero-order chi connectivity index (χ0) is 16.7. The maximum Gasteiger partial charge on any atom is 0.305 e. The number of ether oxygens (including phenoxy) is 2. The zero-order valence-electron chi connectivity index (χ0n) is 13.5. The van der Waals surface area contributed by atoms with Crippen LogP contribution < -0.4 is 9.47 Å². The van der Waals surface area contributed by atoms with Gasteiger partial charge >= 0.3 is 5.97 Å². The zero-order valence-corrected chi connectivity index (χ0v) is 13.5. The molecular formula is C16H23NO5. The van der Waals surface area contributed by atoms with Crippen LogP contribution in [0.25, 0.3) is 0 Å². The van der Waals surface area contributed by atoms with Gasteiger partial charge in [0.05, 0.1) is 20.6 Å². The van der Waals surface area contributed by atoms with Crippen molar-refractivity contribution in [2.45, 2.75) is 19.8 Å². The average molecular weight is 309 g/mol. The van der Waals surface area contributed by atoms with Gasteiger partial charge in [-0.1, -0.05) is 13.0 Å². The highest BCUT2D eigenvalue weighted by Gasteiger charge is 2.19. The Labute approximate surface area is 130 Å². The van der Waals surface area contributed by atoms with Crippen molar-refractivity contribution in [3.05, 3.63) is 23.8 Å². The van der Waals surface area contributed by atoms with Gasteiger partial charge < -0.3 is 19.5 Å². The number of benzene rings is 1. The Bertz CT molecular complexity index is 529. The summed E-state index contributed by atoms with van der Waals surface area (Å²) in [6, 6.07) is 5.54. The van der Waals surface area contributed by atoms with Crippen molar-refractivity contribution < 1.29 is 24.2 Å². The van der Waals surface area contributed by atoms with Crippen LogP contribution in [0.1, 0.15) is 18.9 Å². The molecule has 0 aromatic heterocycles. The highest BCUT2D eigenvalue weighted by Crippen LogP contribution is 2.28. The van der Waals surface area contributed by atoms with E-state index in [0.29, 0.717) is 17.9 Å². The number of hydrogen-bond acceptors (Lipinski definition) is 4. The van der Waals surface area contributed by atoms with E-state index >= 15 is 0 Å². The summed E-state index contributed by atoms with van der Waals surface area (Å²) in [7, 11) is 4.76. The quantitative estimate of drug-likeness (QED) is 0.792.